The van der Waals surface area contributed by atoms with Crippen molar-refractivity contribution in [2.45, 2.75) is 6.54 Å². The lowest BCUT2D eigenvalue weighted by Gasteiger charge is -2.20. The van der Waals surface area contributed by atoms with Gasteiger partial charge < -0.3 is 15.7 Å². The Kier molecular flexibility index (Phi) is 3.25. The highest BCUT2D eigenvalue weighted by Gasteiger charge is 2.09. The highest BCUT2D eigenvalue weighted by atomic mass is 16.3. The molecular weight excluding hydrogens is 214 g/mol. The highest BCUT2D eigenvalue weighted by molar-refractivity contribution is 5.63. The lowest BCUT2D eigenvalue weighted by atomic mass is 10.2. The van der Waals surface area contributed by atoms with Crippen LogP contribution >= 0.6 is 0 Å². The average molecular weight is 229 g/mol. The van der Waals surface area contributed by atoms with E-state index in [9.17, 15) is 5.11 Å². The number of nitrogens with two attached hydrogens (primary N) is 1. The normalized spacial score (nSPS) is 10.2. The molecule has 0 atom stereocenters. The molecule has 0 spiro atoms. The van der Waals surface area contributed by atoms with Gasteiger partial charge in [0.05, 0.1) is 0 Å². The monoisotopic (exact) mass is 229 g/mol. The van der Waals surface area contributed by atoms with E-state index in [-0.39, 0.29) is 5.75 Å². The van der Waals surface area contributed by atoms with Crippen molar-refractivity contribution in [2.24, 2.45) is 5.73 Å². The maximum Gasteiger partial charge on any atom is 0.137 e. The summed E-state index contributed by atoms with van der Waals surface area (Å²) in [5, 5.41) is 9.46. The van der Waals surface area contributed by atoms with Gasteiger partial charge in [-0.25, -0.2) is 4.98 Å². The summed E-state index contributed by atoms with van der Waals surface area (Å²) < 4.78 is 0. The molecule has 0 amide bonds. The summed E-state index contributed by atoms with van der Waals surface area (Å²) in [7, 11) is 1.90. The van der Waals surface area contributed by atoms with E-state index in [1.165, 1.54) is 0 Å². The van der Waals surface area contributed by atoms with Crippen LogP contribution < -0.4 is 10.6 Å². The van der Waals surface area contributed by atoms with Gasteiger partial charge in [0.15, 0.2) is 0 Å². The van der Waals surface area contributed by atoms with Crippen molar-refractivity contribution in [3.05, 3.63) is 48.2 Å². The second kappa shape index (κ2) is 4.84. The summed E-state index contributed by atoms with van der Waals surface area (Å²) in [6, 6.07) is 10.8. The van der Waals surface area contributed by atoms with Crippen LogP contribution in [0.2, 0.25) is 0 Å². The molecule has 0 saturated heterocycles. The minimum Gasteiger partial charge on any atom is -0.508 e. The number of hydrogen-bond acceptors (Lipinski definition) is 4. The van der Waals surface area contributed by atoms with Gasteiger partial charge >= 0.3 is 0 Å². The van der Waals surface area contributed by atoms with Crippen LogP contribution in [0.3, 0.4) is 0 Å². The number of aromatic nitrogens is 1. The maximum absolute atomic E-state index is 9.46. The Morgan fingerprint density at radius 2 is 2.12 bits per heavy atom. The first-order valence-electron chi connectivity index (χ1n) is 5.39. The third kappa shape index (κ3) is 2.37. The van der Waals surface area contributed by atoms with Gasteiger partial charge in [-0.05, 0) is 18.2 Å². The number of anilines is 2. The summed E-state index contributed by atoms with van der Waals surface area (Å²) in [6.07, 6.45) is 1.73. The first-order valence-corrected chi connectivity index (χ1v) is 5.39. The predicted octanol–water partition coefficient (Wildman–Crippen LogP) is 2.01. The Hall–Kier alpha value is -2.07. The van der Waals surface area contributed by atoms with Gasteiger partial charge in [0.1, 0.15) is 11.6 Å². The van der Waals surface area contributed by atoms with Crippen molar-refractivity contribution in [1.29, 1.82) is 0 Å². The number of phenolic OH excluding ortho intramolecular Hbond substituents is 1. The summed E-state index contributed by atoms with van der Waals surface area (Å²) in [5.74, 6) is 1.04. The largest absolute Gasteiger partial charge is 0.508 e. The first kappa shape index (κ1) is 11.4. The van der Waals surface area contributed by atoms with Crippen LogP contribution in [0.1, 0.15) is 5.56 Å². The first-order chi connectivity index (χ1) is 8.22. The van der Waals surface area contributed by atoms with Crippen molar-refractivity contribution in [3.8, 4) is 5.75 Å². The molecule has 1 aromatic carbocycles. The second-order valence-corrected chi connectivity index (χ2v) is 3.77. The number of rotatable bonds is 3. The topological polar surface area (TPSA) is 62.4 Å². The highest BCUT2D eigenvalue weighted by Crippen LogP contribution is 2.26. The molecule has 1 heterocycles. The van der Waals surface area contributed by atoms with Gasteiger partial charge in [0.2, 0.25) is 0 Å². The molecule has 0 radical (unpaired) electrons. The third-order valence-corrected chi connectivity index (χ3v) is 2.62. The summed E-state index contributed by atoms with van der Waals surface area (Å²) >= 11 is 0. The molecular formula is C13H15N3O. The molecule has 0 unspecified atom stereocenters. The van der Waals surface area contributed by atoms with Gasteiger partial charge in [-0.2, -0.15) is 0 Å². The van der Waals surface area contributed by atoms with Crippen molar-refractivity contribution in [3.63, 3.8) is 0 Å². The molecule has 2 aromatic rings. The number of phenols is 1. The zero-order chi connectivity index (χ0) is 12.3. The molecule has 88 valence electrons. The van der Waals surface area contributed by atoms with Crippen molar-refractivity contribution >= 4 is 11.5 Å². The smallest absolute Gasteiger partial charge is 0.137 e. The maximum atomic E-state index is 9.46. The van der Waals surface area contributed by atoms with E-state index in [0.29, 0.717) is 6.54 Å². The van der Waals surface area contributed by atoms with E-state index in [4.69, 9.17) is 5.73 Å². The number of pyridine rings is 1. The van der Waals surface area contributed by atoms with Crippen LogP contribution in [-0.4, -0.2) is 17.1 Å². The molecule has 0 aliphatic carbocycles. The Labute approximate surface area is 100 Å². The number of nitrogens with zero attached hydrogens (tertiary/aromatic N) is 2. The number of hydrogen-bond donors (Lipinski definition) is 2. The fourth-order valence-corrected chi connectivity index (χ4v) is 1.72. The van der Waals surface area contributed by atoms with Crippen LogP contribution in [0.25, 0.3) is 0 Å². The fourth-order valence-electron chi connectivity index (χ4n) is 1.72. The summed E-state index contributed by atoms with van der Waals surface area (Å²) in [5.41, 5.74) is 7.52. The molecule has 4 nitrogen and oxygen atoms in total. The Bertz CT molecular complexity index is 514. The van der Waals surface area contributed by atoms with Gasteiger partial charge in [-0.1, -0.05) is 12.1 Å². The van der Waals surface area contributed by atoms with Gasteiger partial charge in [0, 0.05) is 37.1 Å². The van der Waals surface area contributed by atoms with Crippen molar-refractivity contribution in [2.75, 3.05) is 11.9 Å². The van der Waals surface area contributed by atoms with Gasteiger partial charge in [0.25, 0.3) is 0 Å². The van der Waals surface area contributed by atoms with E-state index in [1.807, 2.05) is 30.1 Å². The molecule has 0 saturated carbocycles. The molecule has 17 heavy (non-hydrogen) atoms. The van der Waals surface area contributed by atoms with E-state index in [2.05, 4.69) is 4.98 Å². The third-order valence-electron chi connectivity index (χ3n) is 2.62. The zero-order valence-corrected chi connectivity index (χ0v) is 9.67. The minimum absolute atomic E-state index is 0.236. The Morgan fingerprint density at radius 3 is 2.82 bits per heavy atom. The Morgan fingerprint density at radius 1 is 1.29 bits per heavy atom. The summed E-state index contributed by atoms with van der Waals surface area (Å²) in [6.45, 7) is 0.437. The molecule has 0 bridgehead atoms. The minimum atomic E-state index is 0.236. The number of aromatic hydroxyl groups is 1. The van der Waals surface area contributed by atoms with Crippen LogP contribution in [0.4, 0.5) is 11.5 Å². The predicted molar refractivity (Wildman–Crippen MR) is 68.3 cm³/mol. The Balaban J connectivity index is 2.40. The molecule has 4 heteroatoms. The zero-order valence-electron chi connectivity index (χ0n) is 9.67. The molecule has 0 fully saturated rings. The molecule has 0 aliphatic heterocycles. The average Bonchev–Trinajstić information content (AvgIpc) is 2.38. The van der Waals surface area contributed by atoms with Crippen molar-refractivity contribution < 1.29 is 5.11 Å². The van der Waals surface area contributed by atoms with Gasteiger partial charge in [-0.3, -0.25) is 0 Å². The molecule has 0 aliphatic rings. The van der Waals surface area contributed by atoms with Crippen LogP contribution in [0.5, 0.6) is 5.75 Å². The van der Waals surface area contributed by atoms with E-state index >= 15 is 0 Å². The second-order valence-electron chi connectivity index (χ2n) is 3.77. The van der Waals surface area contributed by atoms with Crippen molar-refractivity contribution in [1.82, 2.24) is 4.98 Å². The van der Waals surface area contributed by atoms with Crippen LogP contribution in [0.15, 0.2) is 42.6 Å². The summed E-state index contributed by atoms with van der Waals surface area (Å²) in [4.78, 5) is 6.22. The van der Waals surface area contributed by atoms with E-state index in [1.54, 1.807) is 24.4 Å². The SMILES string of the molecule is CN(c1cccc(O)c1)c1ncccc1CN. The van der Waals surface area contributed by atoms with E-state index in [0.717, 1.165) is 17.1 Å². The standard InChI is InChI=1S/C13H15N3O/c1-16(11-5-2-6-12(17)8-11)13-10(9-14)4-3-7-15-13/h2-8,17H,9,14H2,1H3. The van der Waals surface area contributed by atoms with Crippen LogP contribution in [0, 0.1) is 0 Å². The quantitative estimate of drug-likeness (QED) is 0.845. The molecule has 3 N–H and O–H groups in total. The lowest BCUT2D eigenvalue weighted by molar-refractivity contribution is 0.475. The number of benzene rings is 1. The van der Waals surface area contributed by atoms with Crippen LogP contribution in [-0.2, 0) is 6.54 Å². The lowest BCUT2D eigenvalue weighted by Crippen LogP contribution is -2.14. The van der Waals surface area contributed by atoms with E-state index < -0.39 is 0 Å². The molecule has 2 rings (SSSR count). The molecule has 1 aromatic heterocycles. The fraction of sp³-hybridized carbons (Fsp3) is 0.154. The van der Waals surface area contributed by atoms with Gasteiger partial charge in [-0.15, -0.1) is 0 Å².